The van der Waals surface area contributed by atoms with Crippen LogP contribution in [0.4, 0.5) is 5.13 Å². The Bertz CT molecular complexity index is 782. The van der Waals surface area contributed by atoms with Gasteiger partial charge in [0.2, 0.25) is 5.13 Å². The fraction of sp³-hybridized carbons (Fsp3) is 0.167. The topological polar surface area (TPSA) is 54.9 Å². The molecule has 0 radical (unpaired) electrons. The number of anilines is 1. The maximum absolute atomic E-state index is 12.3. The molecule has 2 aromatic carbocycles. The van der Waals surface area contributed by atoms with Crippen molar-refractivity contribution < 1.29 is 4.79 Å². The summed E-state index contributed by atoms with van der Waals surface area (Å²) in [6.45, 7) is 2.09. The van der Waals surface area contributed by atoms with Crippen LogP contribution in [0, 0.1) is 0 Å². The minimum absolute atomic E-state index is 0.163. The molecule has 1 N–H and O–H groups in total. The van der Waals surface area contributed by atoms with Crippen LogP contribution in [0.25, 0.3) is 11.1 Å². The number of hydrogen-bond donors (Lipinski definition) is 1. The van der Waals surface area contributed by atoms with Crippen LogP contribution >= 0.6 is 11.3 Å². The van der Waals surface area contributed by atoms with Gasteiger partial charge in [0.05, 0.1) is 0 Å². The Morgan fingerprint density at radius 2 is 1.70 bits per heavy atom. The number of hydrogen-bond acceptors (Lipinski definition) is 4. The predicted octanol–water partition coefficient (Wildman–Crippen LogP) is 4.41. The molecule has 0 saturated carbocycles. The first-order valence-electron chi connectivity index (χ1n) is 7.55. The Morgan fingerprint density at radius 3 is 2.39 bits per heavy atom. The summed E-state index contributed by atoms with van der Waals surface area (Å²) in [7, 11) is 0. The second-order valence-electron chi connectivity index (χ2n) is 5.15. The van der Waals surface area contributed by atoms with Gasteiger partial charge in [0.1, 0.15) is 5.01 Å². The summed E-state index contributed by atoms with van der Waals surface area (Å²) in [4.78, 5) is 12.3. The molecule has 0 saturated heterocycles. The summed E-state index contributed by atoms with van der Waals surface area (Å²) in [5.41, 5.74) is 2.83. The predicted molar refractivity (Wildman–Crippen MR) is 93.7 cm³/mol. The van der Waals surface area contributed by atoms with Crippen LogP contribution in [0.3, 0.4) is 0 Å². The van der Waals surface area contributed by atoms with Crippen LogP contribution < -0.4 is 5.32 Å². The summed E-state index contributed by atoms with van der Waals surface area (Å²) < 4.78 is 0. The van der Waals surface area contributed by atoms with Crippen molar-refractivity contribution in [2.45, 2.75) is 19.8 Å². The third-order valence-corrected chi connectivity index (χ3v) is 4.30. The first-order chi connectivity index (χ1) is 11.3. The zero-order valence-corrected chi connectivity index (χ0v) is 13.6. The average molecular weight is 323 g/mol. The molecule has 0 bridgehead atoms. The van der Waals surface area contributed by atoms with Gasteiger partial charge in [-0.25, -0.2) is 0 Å². The number of benzene rings is 2. The van der Waals surface area contributed by atoms with Crippen LogP contribution in [0.15, 0.2) is 54.6 Å². The number of nitrogens with zero attached hydrogens (tertiary/aromatic N) is 2. The fourth-order valence-electron chi connectivity index (χ4n) is 2.23. The number of aromatic nitrogens is 2. The molecule has 3 rings (SSSR count). The molecule has 1 aromatic heterocycles. The summed E-state index contributed by atoms with van der Waals surface area (Å²) in [6.07, 6.45) is 1.91. The van der Waals surface area contributed by atoms with Crippen molar-refractivity contribution in [3.8, 4) is 11.1 Å². The van der Waals surface area contributed by atoms with Crippen LogP contribution in [0.2, 0.25) is 0 Å². The quantitative estimate of drug-likeness (QED) is 0.756. The molecule has 1 heterocycles. The Hall–Kier alpha value is -2.53. The van der Waals surface area contributed by atoms with E-state index in [1.165, 1.54) is 11.3 Å². The molecule has 1 amide bonds. The van der Waals surface area contributed by atoms with E-state index in [1.54, 1.807) is 0 Å². The number of carbonyl (C=O) groups excluding carboxylic acids is 1. The molecule has 0 unspecified atom stereocenters. The molecule has 23 heavy (non-hydrogen) atoms. The van der Waals surface area contributed by atoms with Gasteiger partial charge in [0.25, 0.3) is 5.91 Å². The van der Waals surface area contributed by atoms with Crippen molar-refractivity contribution in [3.63, 3.8) is 0 Å². The van der Waals surface area contributed by atoms with E-state index in [0.29, 0.717) is 10.7 Å². The third kappa shape index (κ3) is 3.81. The number of carbonyl (C=O) groups is 1. The first kappa shape index (κ1) is 15.4. The minimum atomic E-state index is -0.163. The molecule has 116 valence electrons. The largest absolute Gasteiger partial charge is 0.296 e. The Kier molecular flexibility index (Phi) is 4.78. The zero-order valence-electron chi connectivity index (χ0n) is 12.8. The lowest BCUT2D eigenvalue weighted by Gasteiger charge is -2.04. The summed E-state index contributed by atoms with van der Waals surface area (Å²) >= 11 is 1.43. The van der Waals surface area contributed by atoms with Crippen molar-refractivity contribution in [2.75, 3.05) is 5.32 Å². The maximum atomic E-state index is 12.3. The molecule has 0 aliphatic heterocycles. The highest BCUT2D eigenvalue weighted by Crippen LogP contribution is 2.21. The van der Waals surface area contributed by atoms with E-state index in [1.807, 2.05) is 54.6 Å². The molecule has 4 nitrogen and oxygen atoms in total. The van der Waals surface area contributed by atoms with Gasteiger partial charge in [-0.15, -0.1) is 10.2 Å². The zero-order chi connectivity index (χ0) is 16.1. The minimum Gasteiger partial charge on any atom is -0.296 e. The van der Waals surface area contributed by atoms with Crippen LogP contribution in [0.1, 0.15) is 28.7 Å². The molecule has 0 spiro atoms. The summed E-state index contributed by atoms with van der Waals surface area (Å²) in [6, 6.07) is 17.6. The number of nitrogens with one attached hydrogen (secondary N) is 1. The molecular formula is C18H17N3OS. The Labute approximate surface area is 139 Å². The van der Waals surface area contributed by atoms with Gasteiger partial charge < -0.3 is 0 Å². The lowest BCUT2D eigenvalue weighted by atomic mass is 10.0. The number of aryl methyl sites for hydroxylation is 1. The van der Waals surface area contributed by atoms with Gasteiger partial charge >= 0.3 is 0 Å². The van der Waals surface area contributed by atoms with E-state index in [0.717, 1.165) is 29.0 Å². The molecule has 0 fully saturated rings. The lowest BCUT2D eigenvalue weighted by molar-refractivity contribution is 0.102. The van der Waals surface area contributed by atoms with Crippen LogP contribution in [0.5, 0.6) is 0 Å². The van der Waals surface area contributed by atoms with Crippen LogP contribution in [-0.4, -0.2) is 16.1 Å². The van der Waals surface area contributed by atoms with Gasteiger partial charge in [-0.05, 0) is 29.7 Å². The van der Waals surface area contributed by atoms with Crippen molar-refractivity contribution in [1.82, 2.24) is 10.2 Å². The van der Waals surface area contributed by atoms with Gasteiger partial charge in [-0.2, -0.15) is 0 Å². The van der Waals surface area contributed by atoms with Gasteiger partial charge in [-0.1, -0.05) is 60.7 Å². The van der Waals surface area contributed by atoms with E-state index in [-0.39, 0.29) is 5.91 Å². The van der Waals surface area contributed by atoms with E-state index in [9.17, 15) is 4.79 Å². The number of amides is 1. The van der Waals surface area contributed by atoms with Gasteiger partial charge in [0, 0.05) is 12.0 Å². The Balaban J connectivity index is 1.70. The molecule has 5 heteroatoms. The SMILES string of the molecule is CCCc1nnc(NC(=O)c2ccc(-c3ccccc3)cc2)s1. The first-order valence-corrected chi connectivity index (χ1v) is 8.37. The lowest BCUT2D eigenvalue weighted by Crippen LogP contribution is -2.11. The fourth-order valence-corrected chi connectivity index (χ4v) is 3.07. The molecular weight excluding hydrogens is 306 g/mol. The number of rotatable bonds is 5. The summed E-state index contributed by atoms with van der Waals surface area (Å²) in [5.74, 6) is -0.163. The van der Waals surface area contributed by atoms with Gasteiger partial charge in [0.15, 0.2) is 0 Å². The normalized spacial score (nSPS) is 10.5. The van der Waals surface area contributed by atoms with E-state index < -0.39 is 0 Å². The second-order valence-corrected chi connectivity index (χ2v) is 6.21. The highest BCUT2D eigenvalue weighted by Gasteiger charge is 2.10. The maximum Gasteiger partial charge on any atom is 0.257 e. The summed E-state index contributed by atoms with van der Waals surface area (Å²) in [5, 5.41) is 12.4. The van der Waals surface area contributed by atoms with Crippen molar-refractivity contribution in [1.29, 1.82) is 0 Å². The van der Waals surface area contributed by atoms with Gasteiger partial charge in [-0.3, -0.25) is 10.1 Å². The highest BCUT2D eigenvalue weighted by molar-refractivity contribution is 7.15. The third-order valence-electron chi connectivity index (χ3n) is 3.41. The molecule has 3 aromatic rings. The van der Waals surface area contributed by atoms with Crippen LogP contribution in [-0.2, 0) is 6.42 Å². The monoisotopic (exact) mass is 323 g/mol. The molecule has 0 aliphatic carbocycles. The molecule has 0 aliphatic rings. The van der Waals surface area contributed by atoms with Crippen molar-refractivity contribution in [3.05, 3.63) is 65.2 Å². The average Bonchev–Trinajstić information content (AvgIpc) is 3.03. The standard InChI is InChI=1S/C18H17N3OS/c1-2-6-16-20-21-18(23-16)19-17(22)15-11-9-14(10-12-15)13-7-4-3-5-8-13/h3-5,7-12H,2,6H2,1H3,(H,19,21,22). The smallest absolute Gasteiger partial charge is 0.257 e. The Morgan fingerprint density at radius 1 is 1.00 bits per heavy atom. The van der Waals surface area contributed by atoms with E-state index in [4.69, 9.17) is 0 Å². The van der Waals surface area contributed by atoms with E-state index >= 15 is 0 Å². The molecule has 0 atom stereocenters. The van der Waals surface area contributed by atoms with Crippen molar-refractivity contribution in [2.24, 2.45) is 0 Å². The second kappa shape index (κ2) is 7.15. The van der Waals surface area contributed by atoms with Crippen molar-refractivity contribution >= 4 is 22.4 Å². The highest BCUT2D eigenvalue weighted by atomic mass is 32.1. The van der Waals surface area contributed by atoms with E-state index in [2.05, 4.69) is 22.4 Å².